The molecular weight excluding hydrogens is 310 g/mol. The monoisotopic (exact) mass is 326 g/mol. The Hall–Kier alpha value is -1.51. The lowest BCUT2D eigenvalue weighted by Crippen LogP contribution is -2.44. The van der Waals surface area contributed by atoms with Crippen LogP contribution in [0.1, 0.15) is 11.9 Å². The van der Waals surface area contributed by atoms with Crippen LogP contribution in [0.5, 0.6) is 0 Å². The summed E-state index contributed by atoms with van der Waals surface area (Å²) >= 11 is 0.481. The van der Waals surface area contributed by atoms with Crippen LogP contribution in [0.2, 0.25) is 0 Å². The van der Waals surface area contributed by atoms with Crippen molar-refractivity contribution in [2.75, 3.05) is 26.7 Å². The van der Waals surface area contributed by atoms with Crippen molar-refractivity contribution < 1.29 is 13.3 Å². The van der Waals surface area contributed by atoms with E-state index >= 15 is 0 Å². The fraction of sp³-hybridized carbons (Fsp3) is 0.429. The second kappa shape index (κ2) is 6.72. The average Bonchev–Trinajstić information content (AvgIpc) is 2.97. The average molecular weight is 326 g/mol. The van der Waals surface area contributed by atoms with E-state index in [0.717, 1.165) is 19.6 Å². The predicted octanol–water partition coefficient (Wildman–Crippen LogP) is 2.63. The van der Waals surface area contributed by atoms with Crippen molar-refractivity contribution in [3.63, 3.8) is 0 Å². The number of halogens is 2. The van der Waals surface area contributed by atoms with Gasteiger partial charge in [0.2, 0.25) is 0 Å². The Bertz CT molecular complexity index is 637. The molecule has 1 N–H and O–H groups in total. The molecule has 0 bridgehead atoms. The van der Waals surface area contributed by atoms with E-state index in [9.17, 15) is 8.78 Å². The van der Waals surface area contributed by atoms with Gasteiger partial charge in [-0.25, -0.2) is 0 Å². The van der Waals surface area contributed by atoms with Crippen LogP contribution in [-0.4, -0.2) is 47.5 Å². The van der Waals surface area contributed by atoms with E-state index in [1.165, 1.54) is 0 Å². The topological polar surface area (TPSA) is 54.2 Å². The minimum absolute atomic E-state index is 0.0289. The summed E-state index contributed by atoms with van der Waals surface area (Å²) in [5, 5.41) is 7.31. The molecule has 1 aliphatic rings. The maximum absolute atomic E-state index is 12.6. The molecule has 1 aliphatic heterocycles. The lowest BCUT2D eigenvalue weighted by Gasteiger charge is -2.30. The molecule has 0 aliphatic carbocycles. The smallest absolute Gasteiger partial charge is 0.288 e. The molecule has 1 atom stereocenters. The highest BCUT2D eigenvalue weighted by Gasteiger charge is 2.26. The van der Waals surface area contributed by atoms with Crippen molar-refractivity contribution >= 4 is 11.8 Å². The summed E-state index contributed by atoms with van der Waals surface area (Å²) in [7, 11) is 2.00. The fourth-order valence-electron chi connectivity index (χ4n) is 2.42. The van der Waals surface area contributed by atoms with Crippen molar-refractivity contribution in [3.05, 3.63) is 30.1 Å². The van der Waals surface area contributed by atoms with Gasteiger partial charge in [-0.2, -0.15) is 13.8 Å². The second-order valence-electron chi connectivity index (χ2n) is 5.03. The van der Waals surface area contributed by atoms with Gasteiger partial charge in [-0.3, -0.25) is 4.90 Å². The molecular formula is C14H16F2N4OS. The van der Waals surface area contributed by atoms with Crippen LogP contribution in [-0.2, 0) is 0 Å². The van der Waals surface area contributed by atoms with Crippen molar-refractivity contribution in [1.29, 1.82) is 0 Å². The van der Waals surface area contributed by atoms with Gasteiger partial charge in [0.1, 0.15) is 0 Å². The van der Waals surface area contributed by atoms with E-state index in [4.69, 9.17) is 4.52 Å². The Morgan fingerprint density at radius 1 is 1.41 bits per heavy atom. The molecule has 3 rings (SSSR count). The molecule has 0 saturated carbocycles. The number of nitrogens with zero attached hydrogens (tertiary/aromatic N) is 3. The number of thioether (sulfide) groups is 1. The van der Waals surface area contributed by atoms with Crippen LogP contribution in [0.25, 0.3) is 11.5 Å². The van der Waals surface area contributed by atoms with Gasteiger partial charge >= 0.3 is 0 Å². The van der Waals surface area contributed by atoms with Gasteiger partial charge in [0.25, 0.3) is 11.6 Å². The van der Waals surface area contributed by atoms with Gasteiger partial charge in [0.15, 0.2) is 5.82 Å². The number of rotatable bonds is 4. The molecule has 1 aromatic heterocycles. The number of hydrogen-bond donors (Lipinski definition) is 1. The number of benzene rings is 1. The van der Waals surface area contributed by atoms with Crippen molar-refractivity contribution in [1.82, 2.24) is 20.4 Å². The van der Waals surface area contributed by atoms with Crippen LogP contribution >= 0.6 is 11.8 Å². The van der Waals surface area contributed by atoms with Crippen molar-refractivity contribution in [2.24, 2.45) is 0 Å². The van der Waals surface area contributed by atoms with E-state index in [1.807, 2.05) is 7.05 Å². The molecule has 1 aromatic carbocycles. The first-order valence-electron chi connectivity index (χ1n) is 6.94. The van der Waals surface area contributed by atoms with Gasteiger partial charge in [0, 0.05) is 24.5 Å². The molecule has 5 nitrogen and oxygen atoms in total. The molecule has 0 spiro atoms. The zero-order valence-electron chi connectivity index (χ0n) is 12.0. The Morgan fingerprint density at radius 2 is 2.23 bits per heavy atom. The van der Waals surface area contributed by atoms with Gasteiger partial charge in [-0.15, -0.1) is 0 Å². The Kier molecular flexibility index (Phi) is 4.70. The van der Waals surface area contributed by atoms with Crippen LogP contribution in [0.3, 0.4) is 0 Å². The van der Waals surface area contributed by atoms with E-state index in [0.29, 0.717) is 28.0 Å². The van der Waals surface area contributed by atoms with E-state index in [2.05, 4.69) is 20.4 Å². The number of hydrogen-bond acceptors (Lipinski definition) is 6. The summed E-state index contributed by atoms with van der Waals surface area (Å²) in [5.41, 5.74) is 0.540. The lowest BCUT2D eigenvalue weighted by molar-refractivity contribution is 0.190. The molecule has 118 valence electrons. The first-order chi connectivity index (χ1) is 10.6. The van der Waals surface area contributed by atoms with Crippen LogP contribution in [0.4, 0.5) is 8.78 Å². The second-order valence-corrected chi connectivity index (χ2v) is 6.06. The minimum atomic E-state index is -2.49. The molecule has 1 unspecified atom stereocenters. The highest BCUT2D eigenvalue weighted by molar-refractivity contribution is 7.99. The maximum atomic E-state index is 12.6. The molecule has 22 heavy (non-hydrogen) atoms. The number of piperazine rings is 1. The molecule has 1 saturated heterocycles. The number of likely N-dealkylation sites (N-methyl/N-ethyl adjacent to an activating group) is 1. The summed E-state index contributed by atoms with van der Waals surface area (Å²) in [4.78, 5) is 6.98. The standard InChI is InChI=1S/C14H16F2N4OS/c1-20-7-6-17-8-10(20)12-18-13(21-19-12)9-4-2-3-5-11(9)22-14(15)16/h2-5,10,14,17H,6-8H2,1H3. The number of aromatic nitrogens is 2. The Labute approximate surface area is 131 Å². The Morgan fingerprint density at radius 3 is 3.00 bits per heavy atom. The van der Waals surface area contributed by atoms with Crippen molar-refractivity contribution in [3.8, 4) is 11.5 Å². The molecule has 0 radical (unpaired) electrons. The molecule has 1 fully saturated rings. The third-order valence-electron chi connectivity index (χ3n) is 3.58. The number of alkyl halides is 2. The van der Waals surface area contributed by atoms with Crippen LogP contribution in [0.15, 0.2) is 33.7 Å². The van der Waals surface area contributed by atoms with E-state index in [-0.39, 0.29) is 11.9 Å². The predicted molar refractivity (Wildman–Crippen MR) is 79.8 cm³/mol. The quantitative estimate of drug-likeness (QED) is 0.872. The third-order valence-corrected chi connectivity index (χ3v) is 4.37. The number of nitrogens with one attached hydrogen (secondary N) is 1. The van der Waals surface area contributed by atoms with Crippen LogP contribution in [0, 0.1) is 0 Å². The highest BCUT2D eigenvalue weighted by atomic mass is 32.2. The molecule has 2 aromatic rings. The summed E-state index contributed by atoms with van der Waals surface area (Å²) < 4.78 is 30.6. The van der Waals surface area contributed by atoms with Crippen LogP contribution < -0.4 is 5.32 Å². The van der Waals surface area contributed by atoms with E-state index in [1.54, 1.807) is 24.3 Å². The summed E-state index contributed by atoms with van der Waals surface area (Å²) in [5.74, 6) is -1.64. The minimum Gasteiger partial charge on any atom is -0.334 e. The summed E-state index contributed by atoms with van der Waals surface area (Å²) in [6.07, 6.45) is 0. The van der Waals surface area contributed by atoms with E-state index < -0.39 is 5.76 Å². The summed E-state index contributed by atoms with van der Waals surface area (Å²) in [6.45, 7) is 2.56. The lowest BCUT2D eigenvalue weighted by atomic mass is 10.2. The molecule has 0 amide bonds. The normalized spacial score (nSPS) is 19.7. The van der Waals surface area contributed by atoms with Crippen molar-refractivity contribution in [2.45, 2.75) is 16.7 Å². The first-order valence-corrected chi connectivity index (χ1v) is 7.82. The molecule has 2 heterocycles. The zero-order chi connectivity index (χ0) is 15.5. The Balaban J connectivity index is 1.87. The maximum Gasteiger partial charge on any atom is 0.288 e. The fourth-order valence-corrected chi connectivity index (χ4v) is 3.05. The van der Waals surface area contributed by atoms with Gasteiger partial charge in [0.05, 0.1) is 11.6 Å². The first kappa shape index (κ1) is 15.4. The zero-order valence-corrected chi connectivity index (χ0v) is 12.8. The van der Waals surface area contributed by atoms with Gasteiger partial charge < -0.3 is 9.84 Å². The summed E-state index contributed by atoms with van der Waals surface area (Å²) in [6, 6.07) is 6.85. The molecule has 8 heteroatoms. The third kappa shape index (κ3) is 3.29. The van der Waals surface area contributed by atoms with Gasteiger partial charge in [-0.05, 0) is 19.2 Å². The van der Waals surface area contributed by atoms with Gasteiger partial charge in [-0.1, -0.05) is 29.1 Å². The SMILES string of the molecule is CN1CCNCC1c1noc(-c2ccccc2SC(F)F)n1. The highest BCUT2D eigenvalue weighted by Crippen LogP contribution is 2.34. The largest absolute Gasteiger partial charge is 0.334 e.